The number of morpholine rings is 1. The van der Waals surface area contributed by atoms with E-state index < -0.39 is 10.0 Å². The standard InChI is InChI=1S/C14H22N2O4S/c1-19-14-4-2-13(3-5-14)12-21(17,18)15-6-7-16-8-10-20-11-9-16/h2-5,15H,6-12H2,1H3. The summed E-state index contributed by atoms with van der Waals surface area (Å²) < 4.78 is 37.0. The summed E-state index contributed by atoms with van der Waals surface area (Å²) in [5.74, 6) is 0.705. The van der Waals surface area contributed by atoms with E-state index in [9.17, 15) is 8.42 Å². The van der Waals surface area contributed by atoms with Crippen molar-refractivity contribution in [2.75, 3.05) is 46.5 Å². The SMILES string of the molecule is COc1ccc(CS(=O)(=O)NCCN2CCOCC2)cc1. The molecular formula is C14H22N2O4S. The summed E-state index contributed by atoms with van der Waals surface area (Å²) in [6.07, 6.45) is 0. The third kappa shape index (κ3) is 5.62. The first-order valence-electron chi connectivity index (χ1n) is 6.99. The molecule has 1 N–H and O–H groups in total. The topological polar surface area (TPSA) is 67.9 Å². The summed E-state index contributed by atoms with van der Waals surface area (Å²) >= 11 is 0. The molecule has 1 heterocycles. The Morgan fingerprint density at radius 3 is 2.52 bits per heavy atom. The lowest BCUT2D eigenvalue weighted by Crippen LogP contribution is -2.41. The zero-order chi connectivity index (χ0) is 15.1. The van der Waals surface area contributed by atoms with Gasteiger partial charge in [-0.3, -0.25) is 4.90 Å². The van der Waals surface area contributed by atoms with Crippen molar-refractivity contribution in [3.63, 3.8) is 0 Å². The van der Waals surface area contributed by atoms with E-state index in [-0.39, 0.29) is 5.75 Å². The first kappa shape index (κ1) is 16.2. The van der Waals surface area contributed by atoms with Gasteiger partial charge in [0.1, 0.15) is 5.75 Å². The Hall–Kier alpha value is -1.15. The van der Waals surface area contributed by atoms with Gasteiger partial charge in [0.15, 0.2) is 0 Å². The van der Waals surface area contributed by atoms with Gasteiger partial charge < -0.3 is 9.47 Å². The third-order valence-electron chi connectivity index (χ3n) is 3.37. The molecule has 0 radical (unpaired) electrons. The maximum absolute atomic E-state index is 12.0. The van der Waals surface area contributed by atoms with Gasteiger partial charge in [-0.15, -0.1) is 0 Å². The van der Waals surface area contributed by atoms with E-state index in [0.717, 1.165) is 37.6 Å². The Labute approximate surface area is 126 Å². The maximum Gasteiger partial charge on any atom is 0.215 e. The Balaban J connectivity index is 1.77. The van der Waals surface area contributed by atoms with Crippen molar-refractivity contribution in [1.82, 2.24) is 9.62 Å². The summed E-state index contributed by atoms with van der Waals surface area (Å²) in [6, 6.07) is 7.05. The first-order valence-corrected chi connectivity index (χ1v) is 8.65. The zero-order valence-electron chi connectivity index (χ0n) is 12.2. The van der Waals surface area contributed by atoms with Gasteiger partial charge in [0.25, 0.3) is 0 Å². The minimum Gasteiger partial charge on any atom is -0.497 e. The fourth-order valence-corrected chi connectivity index (χ4v) is 3.31. The molecule has 118 valence electrons. The number of methoxy groups -OCH3 is 1. The van der Waals surface area contributed by atoms with Crippen molar-refractivity contribution < 1.29 is 17.9 Å². The van der Waals surface area contributed by atoms with Gasteiger partial charge in [0, 0.05) is 26.2 Å². The molecule has 0 spiro atoms. The number of hydrogen-bond donors (Lipinski definition) is 1. The molecule has 1 aromatic carbocycles. The summed E-state index contributed by atoms with van der Waals surface area (Å²) in [5, 5.41) is 0. The normalized spacial score (nSPS) is 16.8. The zero-order valence-corrected chi connectivity index (χ0v) is 13.1. The molecule has 1 fully saturated rings. The second-order valence-corrected chi connectivity index (χ2v) is 6.76. The Morgan fingerprint density at radius 2 is 1.90 bits per heavy atom. The summed E-state index contributed by atoms with van der Waals surface area (Å²) in [6.45, 7) is 4.31. The van der Waals surface area contributed by atoms with Crippen molar-refractivity contribution >= 4 is 10.0 Å². The fraction of sp³-hybridized carbons (Fsp3) is 0.571. The van der Waals surface area contributed by atoms with Crippen LogP contribution >= 0.6 is 0 Å². The van der Waals surface area contributed by atoms with Gasteiger partial charge in [-0.05, 0) is 17.7 Å². The number of rotatable bonds is 7. The summed E-state index contributed by atoms with van der Waals surface area (Å²) in [5.41, 5.74) is 0.745. The Bertz CT molecular complexity index is 524. The molecule has 0 amide bonds. The average molecular weight is 314 g/mol. The van der Waals surface area contributed by atoms with E-state index in [1.165, 1.54) is 0 Å². The molecule has 0 saturated carbocycles. The van der Waals surface area contributed by atoms with E-state index in [4.69, 9.17) is 9.47 Å². The highest BCUT2D eigenvalue weighted by Gasteiger charge is 2.14. The third-order valence-corrected chi connectivity index (χ3v) is 4.73. The second-order valence-electron chi connectivity index (χ2n) is 4.96. The first-order chi connectivity index (χ1) is 10.1. The molecule has 1 aliphatic rings. The summed E-state index contributed by atoms with van der Waals surface area (Å²) in [4.78, 5) is 2.19. The highest BCUT2D eigenvalue weighted by Crippen LogP contribution is 2.13. The molecule has 0 aliphatic carbocycles. The molecule has 21 heavy (non-hydrogen) atoms. The van der Waals surface area contributed by atoms with Crippen LogP contribution in [0.4, 0.5) is 0 Å². The van der Waals surface area contributed by atoms with Crippen LogP contribution in [0, 0.1) is 0 Å². The molecule has 1 aliphatic heterocycles. The van der Waals surface area contributed by atoms with Gasteiger partial charge >= 0.3 is 0 Å². The number of nitrogens with zero attached hydrogens (tertiary/aromatic N) is 1. The molecule has 1 aromatic rings. The molecule has 0 unspecified atom stereocenters. The van der Waals surface area contributed by atoms with Crippen molar-refractivity contribution in [3.8, 4) is 5.75 Å². The minimum absolute atomic E-state index is 0.0138. The molecule has 0 bridgehead atoms. The maximum atomic E-state index is 12.0. The van der Waals surface area contributed by atoms with Crippen LogP contribution in [0.15, 0.2) is 24.3 Å². The van der Waals surface area contributed by atoms with Gasteiger partial charge in [0.05, 0.1) is 26.1 Å². The van der Waals surface area contributed by atoms with Gasteiger partial charge in [-0.1, -0.05) is 12.1 Å². The monoisotopic (exact) mass is 314 g/mol. The Morgan fingerprint density at radius 1 is 1.24 bits per heavy atom. The average Bonchev–Trinajstić information content (AvgIpc) is 2.48. The second kappa shape index (κ2) is 7.74. The molecular weight excluding hydrogens is 292 g/mol. The lowest BCUT2D eigenvalue weighted by atomic mass is 10.2. The van der Waals surface area contributed by atoms with Crippen LogP contribution in [0.25, 0.3) is 0 Å². The Kier molecular flexibility index (Phi) is 5.98. The van der Waals surface area contributed by atoms with Crippen molar-refractivity contribution in [2.45, 2.75) is 5.75 Å². The van der Waals surface area contributed by atoms with Gasteiger partial charge in [-0.2, -0.15) is 0 Å². The van der Waals surface area contributed by atoms with E-state index in [0.29, 0.717) is 13.1 Å². The van der Waals surface area contributed by atoms with E-state index in [1.807, 2.05) is 0 Å². The minimum atomic E-state index is -3.30. The van der Waals surface area contributed by atoms with Crippen LogP contribution in [-0.4, -0.2) is 59.8 Å². The highest BCUT2D eigenvalue weighted by atomic mass is 32.2. The van der Waals surface area contributed by atoms with Crippen molar-refractivity contribution in [3.05, 3.63) is 29.8 Å². The predicted octanol–water partition coefficient (Wildman–Crippen LogP) is 0.447. The fourth-order valence-electron chi connectivity index (χ4n) is 2.18. The van der Waals surface area contributed by atoms with Crippen LogP contribution in [0.1, 0.15) is 5.56 Å². The largest absolute Gasteiger partial charge is 0.497 e. The van der Waals surface area contributed by atoms with Crippen molar-refractivity contribution in [1.29, 1.82) is 0 Å². The molecule has 2 rings (SSSR count). The predicted molar refractivity (Wildman–Crippen MR) is 80.9 cm³/mol. The molecule has 7 heteroatoms. The van der Waals surface area contributed by atoms with Crippen LogP contribution in [0.5, 0.6) is 5.75 Å². The summed E-state index contributed by atoms with van der Waals surface area (Å²) in [7, 11) is -1.72. The molecule has 6 nitrogen and oxygen atoms in total. The highest BCUT2D eigenvalue weighted by molar-refractivity contribution is 7.88. The van der Waals surface area contributed by atoms with E-state index >= 15 is 0 Å². The lowest BCUT2D eigenvalue weighted by Gasteiger charge is -2.26. The van der Waals surface area contributed by atoms with Crippen LogP contribution < -0.4 is 9.46 Å². The lowest BCUT2D eigenvalue weighted by molar-refractivity contribution is 0.0390. The quantitative estimate of drug-likeness (QED) is 0.791. The molecule has 0 atom stereocenters. The smallest absolute Gasteiger partial charge is 0.215 e. The molecule has 1 saturated heterocycles. The van der Waals surface area contributed by atoms with Crippen LogP contribution in [0.3, 0.4) is 0 Å². The van der Waals surface area contributed by atoms with Crippen LogP contribution in [0.2, 0.25) is 0 Å². The number of benzene rings is 1. The number of ether oxygens (including phenoxy) is 2. The number of sulfonamides is 1. The number of hydrogen-bond acceptors (Lipinski definition) is 5. The van der Waals surface area contributed by atoms with E-state index in [1.54, 1.807) is 31.4 Å². The van der Waals surface area contributed by atoms with Crippen molar-refractivity contribution in [2.24, 2.45) is 0 Å². The van der Waals surface area contributed by atoms with Gasteiger partial charge in [-0.25, -0.2) is 13.1 Å². The molecule has 0 aromatic heterocycles. The van der Waals surface area contributed by atoms with Gasteiger partial charge in [0.2, 0.25) is 10.0 Å². The number of nitrogens with one attached hydrogen (secondary N) is 1. The van der Waals surface area contributed by atoms with E-state index in [2.05, 4.69) is 9.62 Å². The van der Waals surface area contributed by atoms with Crippen LogP contribution in [-0.2, 0) is 20.5 Å².